The average Bonchev–Trinajstić information content (AvgIpc) is 3.30. The zero-order valence-electron chi connectivity index (χ0n) is 13.3. The Balaban J connectivity index is 1.59. The van der Waals surface area contributed by atoms with Crippen LogP contribution in [-0.2, 0) is 13.2 Å². The molecule has 0 fully saturated rings. The number of aromatic hydroxyl groups is 1. The molecule has 2 heterocycles. The first-order valence-electron chi connectivity index (χ1n) is 7.72. The van der Waals surface area contributed by atoms with Gasteiger partial charge in [-0.1, -0.05) is 0 Å². The summed E-state index contributed by atoms with van der Waals surface area (Å²) in [5.74, 6) is 0.234. The van der Waals surface area contributed by atoms with E-state index in [2.05, 4.69) is 25.9 Å². The van der Waals surface area contributed by atoms with Crippen LogP contribution in [0.5, 0.6) is 5.75 Å². The third-order valence-electron chi connectivity index (χ3n) is 3.97. The first-order chi connectivity index (χ1) is 12.6. The van der Waals surface area contributed by atoms with Gasteiger partial charge >= 0.3 is 0 Å². The van der Waals surface area contributed by atoms with Crippen LogP contribution < -0.4 is 5.32 Å². The van der Waals surface area contributed by atoms with Crippen molar-refractivity contribution in [3.8, 4) is 17.3 Å². The van der Waals surface area contributed by atoms with Crippen molar-refractivity contribution in [2.45, 2.75) is 13.2 Å². The maximum atomic E-state index is 14.4. The highest BCUT2D eigenvalue weighted by Crippen LogP contribution is 2.28. The smallest absolute Gasteiger partial charge is 0.215 e. The number of hydrogen-bond acceptors (Lipinski definition) is 6. The number of benzene rings is 2. The van der Waals surface area contributed by atoms with E-state index in [-0.39, 0.29) is 17.9 Å². The molecule has 0 radical (unpaired) electrons. The topological polar surface area (TPSA) is 99.9 Å². The Bertz CT molecular complexity index is 1060. The molecule has 0 spiro atoms. The predicted molar refractivity (Wildman–Crippen MR) is 89.6 cm³/mol. The minimum atomic E-state index is -0.784. The number of rotatable bonds is 5. The second kappa shape index (κ2) is 6.43. The molecule has 7 nitrogen and oxygen atoms in total. The lowest BCUT2D eigenvalue weighted by Gasteiger charge is -2.09. The molecular formula is C17H13F2N5O2. The van der Waals surface area contributed by atoms with Gasteiger partial charge in [0.15, 0.2) is 5.76 Å². The quantitative estimate of drug-likeness (QED) is 0.473. The molecule has 3 N–H and O–H groups in total. The summed E-state index contributed by atoms with van der Waals surface area (Å²) in [5.41, 5.74) is 1.61. The predicted octanol–water partition coefficient (Wildman–Crippen LogP) is 3.54. The van der Waals surface area contributed by atoms with Crippen LogP contribution in [0.15, 0.2) is 40.8 Å². The number of nitrogens with one attached hydrogen (secondary N) is 2. The lowest BCUT2D eigenvalue weighted by Crippen LogP contribution is -2.02. The van der Waals surface area contributed by atoms with Crippen LogP contribution in [0.3, 0.4) is 0 Å². The number of hydrogen-bond donors (Lipinski definition) is 3. The van der Waals surface area contributed by atoms with Crippen LogP contribution in [0.1, 0.15) is 11.1 Å². The number of phenols is 1. The van der Waals surface area contributed by atoms with E-state index in [9.17, 15) is 13.9 Å². The number of phenolic OH excluding ortho intramolecular Hbond substituents is 1. The van der Waals surface area contributed by atoms with Gasteiger partial charge in [-0.05, 0) is 46.8 Å². The molecule has 2 aromatic heterocycles. The van der Waals surface area contributed by atoms with Gasteiger partial charge < -0.3 is 14.8 Å². The van der Waals surface area contributed by atoms with E-state index in [1.54, 1.807) is 18.2 Å². The number of fused-ring (bicyclic) bond motifs is 1. The number of alkyl halides is 1. The molecule has 0 aliphatic rings. The molecule has 4 aromatic rings. The minimum Gasteiger partial charge on any atom is -0.508 e. The van der Waals surface area contributed by atoms with Crippen LogP contribution in [-0.4, -0.2) is 25.7 Å². The Morgan fingerprint density at radius 3 is 2.81 bits per heavy atom. The number of aromatic nitrogens is 4. The third kappa shape index (κ3) is 2.94. The number of halogens is 2. The number of tetrazole rings is 1. The van der Waals surface area contributed by atoms with E-state index in [1.165, 1.54) is 18.2 Å². The number of furan rings is 1. The summed E-state index contributed by atoms with van der Waals surface area (Å²) < 4.78 is 32.8. The molecule has 0 atom stereocenters. The van der Waals surface area contributed by atoms with Gasteiger partial charge in [0, 0.05) is 28.7 Å². The highest BCUT2D eigenvalue weighted by atomic mass is 19.1. The maximum absolute atomic E-state index is 14.4. The second-order valence-electron chi connectivity index (χ2n) is 5.67. The summed E-state index contributed by atoms with van der Waals surface area (Å²) in [6, 6.07) is 9.06. The van der Waals surface area contributed by atoms with E-state index >= 15 is 0 Å². The number of anilines is 1. The molecule has 2 aromatic carbocycles. The van der Waals surface area contributed by atoms with E-state index in [0.29, 0.717) is 33.8 Å². The van der Waals surface area contributed by atoms with Crippen LogP contribution in [0.4, 0.5) is 14.5 Å². The summed E-state index contributed by atoms with van der Waals surface area (Å²) in [7, 11) is 0. The van der Waals surface area contributed by atoms with Crippen LogP contribution in [0.25, 0.3) is 22.6 Å². The van der Waals surface area contributed by atoms with E-state index in [4.69, 9.17) is 4.42 Å². The average molecular weight is 357 g/mol. The lowest BCUT2D eigenvalue weighted by molar-refractivity contribution is 0.433. The van der Waals surface area contributed by atoms with Crippen molar-refractivity contribution in [1.29, 1.82) is 0 Å². The van der Waals surface area contributed by atoms with Gasteiger partial charge in [0.25, 0.3) is 0 Å². The van der Waals surface area contributed by atoms with Crippen LogP contribution in [0, 0.1) is 5.82 Å². The van der Waals surface area contributed by atoms with Crippen molar-refractivity contribution in [3.63, 3.8) is 0 Å². The van der Waals surface area contributed by atoms with Crippen molar-refractivity contribution in [3.05, 3.63) is 53.3 Å². The van der Waals surface area contributed by atoms with Crippen molar-refractivity contribution in [1.82, 2.24) is 20.6 Å². The van der Waals surface area contributed by atoms with Gasteiger partial charge in [-0.2, -0.15) is 0 Å². The third-order valence-corrected chi connectivity index (χ3v) is 3.97. The zero-order chi connectivity index (χ0) is 18.1. The summed E-state index contributed by atoms with van der Waals surface area (Å²) in [6.07, 6.45) is 0. The number of nitrogens with zero attached hydrogens (tertiary/aromatic N) is 3. The molecule has 0 aliphatic carbocycles. The molecule has 0 amide bonds. The fourth-order valence-electron chi connectivity index (χ4n) is 2.62. The van der Waals surface area contributed by atoms with E-state index in [1.807, 2.05) is 0 Å². The highest BCUT2D eigenvalue weighted by molar-refractivity contribution is 5.82. The van der Waals surface area contributed by atoms with Gasteiger partial charge in [0.2, 0.25) is 5.82 Å². The maximum Gasteiger partial charge on any atom is 0.215 e. The summed E-state index contributed by atoms with van der Waals surface area (Å²) in [5, 5.41) is 26.4. The Labute approximate surface area is 145 Å². The van der Waals surface area contributed by atoms with E-state index < -0.39 is 12.5 Å². The Morgan fingerprint density at radius 1 is 1.15 bits per heavy atom. The fourth-order valence-corrected chi connectivity index (χ4v) is 2.62. The van der Waals surface area contributed by atoms with Gasteiger partial charge in [-0.15, -0.1) is 5.10 Å². The fraction of sp³-hybridized carbons (Fsp3) is 0.118. The Kier molecular flexibility index (Phi) is 3.96. The molecular weight excluding hydrogens is 344 g/mol. The molecule has 26 heavy (non-hydrogen) atoms. The second-order valence-corrected chi connectivity index (χ2v) is 5.67. The van der Waals surface area contributed by atoms with Crippen molar-refractivity contribution < 1.29 is 18.3 Å². The minimum absolute atomic E-state index is 0.115. The summed E-state index contributed by atoms with van der Waals surface area (Å²) in [4.78, 5) is 0. The lowest BCUT2D eigenvalue weighted by atomic mass is 10.1. The Morgan fingerprint density at radius 2 is 2.04 bits per heavy atom. The highest BCUT2D eigenvalue weighted by Gasteiger charge is 2.13. The first kappa shape index (κ1) is 16.0. The first-order valence-corrected chi connectivity index (χ1v) is 7.72. The monoisotopic (exact) mass is 357 g/mol. The van der Waals surface area contributed by atoms with Gasteiger partial charge in [0.1, 0.15) is 23.8 Å². The number of aromatic amines is 1. The van der Waals surface area contributed by atoms with Gasteiger partial charge in [-0.25, -0.2) is 13.9 Å². The largest absolute Gasteiger partial charge is 0.508 e. The summed E-state index contributed by atoms with van der Waals surface area (Å²) in [6.45, 7) is -0.620. The molecule has 9 heteroatoms. The zero-order valence-corrected chi connectivity index (χ0v) is 13.3. The molecule has 0 saturated carbocycles. The van der Waals surface area contributed by atoms with Crippen LogP contribution >= 0.6 is 0 Å². The van der Waals surface area contributed by atoms with Gasteiger partial charge in [-0.3, -0.25) is 0 Å². The molecule has 0 saturated heterocycles. The molecule has 0 aliphatic heterocycles. The molecule has 132 valence electrons. The van der Waals surface area contributed by atoms with Crippen molar-refractivity contribution in [2.24, 2.45) is 0 Å². The van der Waals surface area contributed by atoms with E-state index in [0.717, 1.165) is 0 Å². The van der Waals surface area contributed by atoms with Gasteiger partial charge in [0.05, 0.1) is 0 Å². The molecule has 0 unspecified atom stereocenters. The standard InChI is InChI=1S/C17H13F2N5O2/c18-7-10-3-12(1-2-14(10)25)20-8-11-6-15-9(4-13(11)19)5-16(26-15)17-21-23-24-22-17/h1-6,20,25H,7-8H2,(H,21,22,23,24). The molecule has 0 bridgehead atoms. The number of H-pyrrole nitrogens is 1. The molecule has 4 rings (SSSR count). The summed E-state index contributed by atoms with van der Waals surface area (Å²) >= 11 is 0. The van der Waals surface area contributed by atoms with Crippen molar-refractivity contribution >= 4 is 16.7 Å². The van der Waals surface area contributed by atoms with Crippen LogP contribution in [0.2, 0.25) is 0 Å². The SMILES string of the molecule is Oc1ccc(NCc2cc3oc(-c4nnn[nH]4)cc3cc2F)cc1CF. The van der Waals surface area contributed by atoms with Crippen molar-refractivity contribution in [2.75, 3.05) is 5.32 Å². The normalized spacial score (nSPS) is 11.2. The Hall–Kier alpha value is -3.49.